The van der Waals surface area contributed by atoms with Gasteiger partial charge in [-0.15, -0.1) is 0 Å². The first-order chi connectivity index (χ1) is 16.2. The summed E-state index contributed by atoms with van der Waals surface area (Å²) in [5.74, 6) is 8.37. The Morgan fingerprint density at radius 1 is 0.909 bits per heavy atom. The normalized spacial score (nSPS) is 20.3. The quantitative estimate of drug-likeness (QED) is 0.285. The first-order valence-corrected chi connectivity index (χ1v) is 11.5. The van der Waals surface area contributed by atoms with Crippen molar-refractivity contribution in [3.8, 4) is 23.0 Å². The summed E-state index contributed by atoms with van der Waals surface area (Å²) >= 11 is 0. The molecule has 4 N–H and O–H groups in total. The summed E-state index contributed by atoms with van der Waals surface area (Å²) in [6, 6.07) is 15.2. The predicted octanol–water partition coefficient (Wildman–Crippen LogP) is 4.37. The van der Waals surface area contributed by atoms with Gasteiger partial charge in [-0.2, -0.15) is 0 Å². The lowest BCUT2D eigenvalue weighted by molar-refractivity contribution is 0.612. The van der Waals surface area contributed by atoms with Gasteiger partial charge in [0.25, 0.3) is 0 Å². The second-order valence-corrected chi connectivity index (χ2v) is 8.81. The highest BCUT2D eigenvalue weighted by molar-refractivity contribution is 5.82. The molecule has 2 aliphatic heterocycles. The lowest BCUT2D eigenvalue weighted by Gasteiger charge is -2.07. The minimum Gasteiger partial charge on any atom is -0.340 e. The smallest absolute Gasteiger partial charge is 0.128 e. The maximum atomic E-state index is 4.76. The van der Waals surface area contributed by atoms with Gasteiger partial charge in [-0.3, -0.25) is 0 Å². The Balaban J connectivity index is 1.19. The Morgan fingerprint density at radius 3 is 2.58 bits per heavy atom. The minimum absolute atomic E-state index is 0.124. The molecule has 0 bridgehead atoms. The molecule has 164 valence electrons. The van der Waals surface area contributed by atoms with Crippen LogP contribution < -0.4 is 10.6 Å². The number of H-pyrrole nitrogens is 2. The van der Waals surface area contributed by atoms with Crippen LogP contribution in [0.1, 0.15) is 54.3 Å². The van der Waals surface area contributed by atoms with E-state index in [1.54, 1.807) is 0 Å². The van der Waals surface area contributed by atoms with Crippen molar-refractivity contribution in [3.05, 3.63) is 83.7 Å². The maximum absolute atomic E-state index is 4.76. The van der Waals surface area contributed by atoms with E-state index in [1.807, 2.05) is 6.20 Å². The molecule has 4 aromatic rings. The zero-order valence-corrected chi connectivity index (χ0v) is 18.4. The number of imidazole rings is 2. The fourth-order valence-corrected chi connectivity index (χ4v) is 4.68. The van der Waals surface area contributed by atoms with Crippen molar-refractivity contribution in [2.45, 2.75) is 31.3 Å². The fourth-order valence-electron chi connectivity index (χ4n) is 4.68. The molecule has 2 atom stereocenters. The van der Waals surface area contributed by atoms with E-state index in [4.69, 9.17) is 4.98 Å². The van der Waals surface area contributed by atoms with Gasteiger partial charge in [-0.05, 0) is 73.7 Å². The van der Waals surface area contributed by atoms with Crippen molar-refractivity contribution in [3.63, 3.8) is 0 Å². The van der Waals surface area contributed by atoms with Crippen LogP contribution in [0.25, 0.3) is 22.2 Å². The average Bonchev–Trinajstić information content (AvgIpc) is 3.64. The number of nitrogens with one attached hydrogen (secondary N) is 4. The van der Waals surface area contributed by atoms with Gasteiger partial charge >= 0.3 is 0 Å². The number of benzene rings is 2. The van der Waals surface area contributed by atoms with Crippen molar-refractivity contribution in [2.75, 3.05) is 13.1 Å². The standard InChI is InChI=1S/C27H26N6/c1-17-12-14-29-25(17)27-32-22-11-9-20(15-24(22)33-27)19-7-4-18(5-8-19)6-10-21-16-30-26(31-21)23-3-2-13-28-23/h4-5,7-9,11,15-16,23,25,28-29H,1-3,12-14H2,(H,30,31)(H,32,33)/t23-,25-/m0/s1. The molecule has 2 aliphatic rings. The van der Waals surface area contributed by atoms with E-state index in [9.17, 15) is 0 Å². The molecule has 33 heavy (non-hydrogen) atoms. The van der Waals surface area contributed by atoms with Crippen molar-refractivity contribution >= 4 is 11.0 Å². The third-order valence-electron chi connectivity index (χ3n) is 6.52. The summed E-state index contributed by atoms with van der Waals surface area (Å²) < 4.78 is 0. The summed E-state index contributed by atoms with van der Waals surface area (Å²) in [4.78, 5) is 16.1. The molecule has 0 radical (unpaired) electrons. The van der Waals surface area contributed by atoms with Crippen LogP contribution in [0.2, 0.25) is 0 Å². The van der Waals surface area contributed by atoms with Gasteiger partial charge in [0.15, 0.2) is 0 Å². The Labute approximate surface area is 192 Å². The van der Waals surface area contributed by atoms with Gasteiger partial charge in [0.05, 0.1) is 29.3 Å². The SMILES string of the molecule is C=C1CCN[C@@H]1c1nc2ccc(-c3ccc(C#Cc4cnc([C@@H]5CCCN5)[nH]4)cc3)cc2[nH]1. The molecule has 0 unspecified atom stereocenters. The van der Waals surface area contributed by atoms with Crippen molar-refractivity contribution in [2.24, 2.45) is 0 Å². The number of fused-ring (bicyclic) bond motifs is 1. The van der Waals surface area contributed by atoms with E-state index in [1.165, 1.54) is 12.0 Å². The second kappa shape index (κ2) is 8.36. The molecule has 2 saturated heterocycles. The van der Waals surface area contributed by atoms with Crippen LogP contribution >= 0.6 is 0 Å². The molecule has 2 aromatic heterocycles. The molecule has 0 spiro atoms. The first-order valence-electron chi connectivity index (χ1n) is 11.5. The van der Waals surface area contributed by atoms with E-state index in [0.717, 1.165) is 71.0 Å². The highest BCUT2D eigenvalue weighted by Gasteiger charge is 2.23. The average molecular weight is 435 g/mol. The molecule has 0 saturated carbocycles. The highest BCUT2D eigenvalue weighted by atomic mass is 15.0. The Bertz CT molecular complexity index is 1380. The van der Waals surface area contributed by atoms with Crippen LogP contribution in [-0.4, -0.2) is 33.0 Å². The molecule has 2 fully saturated rings. The Kier molecular flexibility index (Phi) is 5.06. The summed E-state index contributed by atoms with van der Waals surface area (Å²) in [5, 5.41) is 6.91. The molecule has 0 aliphatic carbocycles. The van der Waals surface area contributed by atoms with E-state index < -0.39 is 0 Å². The van der Waals surface area contributed by atoms with Crippen LogP contribution in [0, 0.1) is 11.8 Å². The number of hydrogen-bond donors (Lipinski definition) is 4. The van der Waals surface area contributed by atoms with Crippen LogP contribution in [-0.2, 0) is 0 Å². The number of nitrogens with zero attached hydrogens (tertiary/aromatic N) is 2. The Morgan fingerprint density at radius 2 is 1.79 bits per heavy atom. The maximum Gasteiger partial charge on any atom is 0.128 e. The second-order valence-electron chi connectivity index (χ2n) is 8.81. The summed E-state index contributed by atoms with van der Waals surface area (Å²) in [7, 11) is 0. The molecule has 4 heterocycles. The lowest BCUT2D eigenvalue weighted by atomic mass is 10.0. The zero-order chi connectivity index (χ0) is 22.2. The van der Waals surface area contributed by atoms with Gasteiger partial charge in [-0.25, -0.2) is 9.97 Å². The number of aromatic nitrogens is 4. The molecular weight excluding hydrogens is 408 g/mol. The van der Waals surface area contributed by atoms with Crippen LogP contribution in [0.5, 0.6) is 0 Å². The fraction of sp³-hybridized carbons (Fsp3) is 0.259. The topological polar surface area (TPSA) is 81.4 Å². The first kappa shape index (κ1) is 20.0. The van der Waals surface area contributed by atoms with Crippen molar-refractivity contribution < 1.29 is 0 Å². The monoisotopic (exact) mass is 434 g/mol. The van der Waals surface area contributed by atoms with Crippen molar-refractivity contribution in [1.82, 2.24) is 30.6 Å². The number of rotatable bonds is 3. The summed E-state index contributed by atoms with van der Waals surface area (Å²) in [6.45, 7) is 6.18. The van der Waals surface area contributed by atoms with Gasteiger partial charge in [0, 0.05) is 5.56 Å². The van der Waals surface area contributed by atoms with Gasteiger partial charge < -0.3 is 20.6 Å². The van der Waals surface area contributed by atoms with E-state index >= 15 is 0 Å². The van der Waals surface area contributed by atoms with Crippen LogP contribution in [0.15, 0.2) is 60.8 Å². The van der Waals surface area contributed by atoms with E-state index in [-0.39, 0.29) is 6.04 Å². The summed E-state index contributed by atoms with van der Waals surface area (Å²) in [6.07, 6.45) is 5.14. The third kappa shape index (κ3) is 3.97. The third-order valence-corrected chi connectivity index (χ3v) is 6.52. The van der Waals surface area contributed by atoms with E-state index in [2.05, 4.69) is 86.5 Å². The Hall–Kier alpha value is -3.66. The molecule has 0 amide bonds. The molecule has 2 aromatic carbocycles. The van der Waals surface area contributed by atoms with Crippen LogP contribution in [0.4, 0.5) is 0 Å². The van der Waals surface area contributed by atoms with E-state index in [0.29, 0.717) is 6.04 Å². The number of hydrogen-bond acceptors (Lipinski definition) is 4. The zero-order valence-electron chi connectivity index (χ0n) is 18.4. The van der Waals surface area contributed by atoms with Crippen molar-refractivity contribution in [1.29, 1.82) is 0 Å². The summed E-state index contributed by atoms with van der Waals surface area (Å²) in [5.41, 5.74) is 7.33. The number of aromatic amines is 2. The molecular formula is C27H26N6. The minimum atomic E-state index is 0.124. The van der Waals surface area contributed by atoms with Crippen LogP contribution in [0.3, 0.4) is 0 Å². The molecule has 6 heteroatoms. The molecule has 6 rings (SSSR count). The molecule has 6 nitrogen and oxygen atoms in total. The predicted molar refractivity (Wildman–Crippen MR) is 131 cm³/mol. The highest BCUT2D eigenvalue weighted by Crippen LogP contribution is 2.29. The van der Waals surface area contributed by atoms with Gasteiger partial charge in [-0.1, -0.05) is 36.3 Å². The largest absolute Gasteiger partial charge is 0.340 e. The lowest BCUT2D eigenvalue weighted by Crippen LogP contribution is -2.14. The van der Waals surface area contributed by atoms with Gasteiger partial charge in [0.2, 0.25) is 0 Å². The van der Waals surface area contributed by atoms with Gasteiger partial charge in [0.1, 0.15) is 17.3 Å².